The zero-order valence-electron chi connectivity index (χ0n) is 20.9. The Balaban J connectivity index is 2.18. The molecule has 0 bridgehead atoms. The van der Waals surface area contributed by atoms with Gasteiger partial charge in [0, 0.05) is 19.6 Å². The van der Waals surface area contributed by atoms with E-state index in [1.165, 1.54) is 7.11 Å². The van der Waals surface area contributed by atoms with Crippen molar-refractivity contribution in [1.82, 2.24) is 9.99 Å². The van der Waals surface area contributed by atoms with Crippen LogP contribution in [0.1, 0.15) is 64.4 Å². The quantitative estimate of drug-likeness (QED) is 0.338. The Morgan fingerprint density at radius 3 is 2.27 bits per heavy atom. The zero-order valence-corrected chi connectivity index (χ0v) is 21.8. The first kappa shape index (κ1) is 27.8. The summed E-state index contributed by atoms with van der Waals surface area (Å²) in [7, 11) is 1.92. The topological polar surface area (TPSA) is 97.3 Å². The maximum atomic E-state index is 13.3. The van der Waals surface area contributed by atoms with Gasteiger partial charge in [0.2, 0.25) is 0 Å². The maximum absolute atomic E-state index is 13.3. The molecule has 1 aromatic rings. The van der Waals surface area contributed by atoms with Crippen molar-refractivity contribution >= 4 is 13.5 Å². The summed E-state index contributed by atoms with van der Waals surface area (Å²) >= 11 is 0. The van der Waals surface area contributed by atoms with Crippen molar-refractivity contribution < 1.29 is 28.5 Å². The molecule has 0 saturated heterocycles. The second-order valence-corrected chi connectivity index (χ2v) is 11.6. The predicted octanol–water partition coefficient (Wildman–Crippen LogP) is 4.13. The van der Waals surface area contributed by atoms with Gasteiger partial charge in [-0.2, -0.15) is 0 Å². The fourth-order valence-corrected chi connectivity index (χ4v) is 6.01. The normalized spacial score (nSPS) is 19.7. The molecule has 3 unspecified atom stereocenters. The lowest BCUT2D eigenvalue weighted by Crippen LogP contribution is -2.42. The van der Waals surface area contributed by atoms with Crippen molar-refractivity contribution in [2.24, 2.45) is 0 Å². The molecule has 2 rings (SSSR count). The van der Waals surface area contributed by atoms with Crippen molar-refractivity contribution in [1.29, 1.82) is 0 Å². The Morgan fingerprint density at radius 2 is 1.76 bits per heavy atom. The molecular weight excluding hydrogens is 443 g/mol. The highest BCUT2D eigenvalue weighted by Crippen LogP contribution is 2.45. The number of ether oxygens (including phenoxy) is 2. The molecule has 1 aromatic carbocycles. The van der Waals surface area contributed by atoms with Gasteiger partial charge in [-0.25, -0.2) is 5.09 Å². The molecule has 0 radical (unpaired) electrons. The summed E-state index contributed by atoms with van der Waals surface area (Å²) in [6, 6.07) is 6.53. The summed E-state index contributed by atoms with van der Waals surface area (Å²) < 4.78 is 29.4. The molecule has 1 aliphatic carbocycles. The zero-order chi connectivity index (χ0) is 24.6. The van der Waals surface area contributed by atoms with E-state index in [9.17, 15) is 14.5 Å². The first-order valence-corrected chi connectivity index (χ1v) is 13.5. The van der Waals surface area contributed by atoms with Gasteiger partial charge in [0.05, 0.1) is 11.7 Å². The summed E-state index contributed by atoms with van der Waals surface area (Å²) in [6.45, 7) is 5.82. The maximum Gasteiger partial charge on any atom is 0.342 e. The first-order chi connectivity index (χ1) is 15.5. The Morgan fingerprint density at radius 1 is 1.15 bits per heavy atom. The highest BCUT2D eigenvalue weighted by molar-refractivity contribution is 7.57. The number of esters is 1. The van der Waals surface area contributed by atoms with Crippen molar-refractivity contribution in [3.8, 4) is 5.75 Å². The monoisotopic (exact) mass is 484 g/mol. The smallest absolute Gasteiger partial charge is 0.342 e. The van der Waals surface area contributed by atoms with Crippen molar-refractivity contribution in [2.45, 2.75) is 76.5 Å². The van der Waals surface area contributed by atoms with Crippen LogP contribution < -0.4 is 9.61 Å². The number of hydrogen-bond acceptors (Lipinski definition) is 7. The summed E-state index contributed by atoms with van der Waals surface area (Å²) in [5, 5.41) is 14.2. The van der Waals surface area contributed by atoms with Gasteiger partial charge in [0.15, 0.2) is 0 Å². The molecule has 188 valence electrons. The van der Waals surface area contributed by atoms with Crippen LogP contribution in [-0.4, -0.2) is 67.8 Å². The number of nitrogens with one attached hydrogen (secondary N) is 1. The van der Waals surface area contributed by atoms with E-state index in [2.05, 4.69) is 9.99 Å². The number of carbonyl (C=O) groups is 1. The molecule has 1 fully saturated rings. The van der Waals surface area contributed by atoms with Gasteiger partial charge in [-0.1, -0.05) is 31.4 Å². The number of benzene rings is 1. The highest BCUT2D eigenvalue weighted by Gasteiger charge is 2.39. The minimum absolute atomic E-state index is 0.0309. The lowest BCUT2D eigenvalue weighted by Gasteiger charge is -2.41. The molecule has 0 spiro atoms. The van der Waals surface area contributed by atoms with Gasteiger partial charge in [-0.15, -0.1) is 0 Å². The predicted molar refractivity (Wildman–Crippen MR) is 130 cm³/mol. The number of aliphatic hydroxyl groups is 1. The number of rotatable bonds is 12. The third kappa shape index (κ3) is 8.37. The van der Waals surface area contributed by atoms with Gasteiger partial charge in [0.25, 0.3) is 0 Å². The number of carbonyl (C=O) groups excluding carboxylic acids is 1. The number of methoxy groups -OCH3 is 1. The van der Waals surface area contributed by atoms with Crippen LogP contribution in [0.3, 0.4) is 0 Å². The van der Waals surface area contributed by atoms with E-state index in [1.807, 2.05) is 26.2 Å². The number of hydrogen-bond donors (Lipinski definition) is 2. The van der Waals surface area contributed by atoms with Crippen LogP contribution in [0.4, 0.5) is 0 Å². The van der Waals surface area contributed by atoms with E-state index < -0.39 is 25.1 Å². The van der Waals surface area contributed by atoms with Crippen LogP contribution in [0.15, 0.2) is 24.3 Å². The molecule has 2 N–H and O–H groups in total. The Kier molecular flexibility index (Phi) is 10.4. The van der Waals surface area contributed by atoms with E-state index >= 15 is 0 Å². The largest absolute Gasteiger partial charge is 0.462 e. The summed E-state index contributed by atoms with van der Waals surface area (Å²) in [4.78, 5) is 14.2. The molecule has 0 aromatic heterocycles. The molecule has 0 amide bonds. The lowest BCUT2D eigenvalue weighted by molar-refractivity contribution is -0.149. The van der Waals surface area contributed by atoms with Crippen LogP contribution >= 0.6 is 7.52 Å². The van der Waals surface area contributed by atoms with Gasteiger partial charge >= 0.3 is 13.5 Å². The Labute approximate surface area is 198 Å². The van der Waals surface area contributed by atoms with Crippen LogP contribution in [-0.2, 0) is 18.8 Å². The van der Waals surface area contributed by atoms with E-state index in [0.29, 0.717) is 5.75 Å². The van der Waals surface area contributed by atoms with Crippen LogP contribution in [0.2, 0.25) is 0 Å². The van der Waals surface area contributed by atoms with Gasteiger partial charge in [-0.05, 0) is 65.4 Å². The second-order valence-electron chi connectivity index (χ2n) is 9.57. The molecule has 0 heterocycles. The van der Waals surface area contributed by atoms with Crippen molar-refractivity contribution in [3.05, 3.63) is 29.8 Å². The summed E-state index contributed by atoms with van der Waals surface area (Å²) in [6.07, 6.45) is 4.34. The second kappa shape index (κ2) is 12.3. The number of nitrogens with zero attached hydrogens (tertiary/aromatic N) is 1. The van der Waals surface area contributed by atoms with Crippen LogP contribution in [0, 0.1) is 0 Å². The van der Waals surface area contributed by atoms with Gasteiger partial charge in [-0.3, -0.25) is 9.36 Å². The van der Waals surface area contributed by atoms with E-state index in [1.54, 1.807) is 32.9 Å². The van der Waals surface area contributed by atoms with Crippen LogP contribution in [0.5, 0.6) is 5.75 Å². The molecule has 0 aliphatic heterocycles. The van der Waals surface area contributed by atoms with Crippen LogP contribution in [0.25, 0.3) is 0 Å². The van der Waals surface area contributed by atoms with Gasteiger partial charge < -0.3 is 24.0 Å². The number of likely N-dealkylation sites (N-methyl/N-ethyl adjacent to an activating group) is 1. The van der Waals surface area contributed by atoms with E-state index in [4.69, 9.17) is 14.0 Å². The summed E-state index contributed by atoms with van der Waals surface area (Å²) in [5.74, 6) is -0.139. The molecular formula is C24H41N2O6P. The van der Waals surface area contributed by atoms with E-state index in [-0.39, 0.29) is 18.4 Å². The lowest BCUT2D eigenvalue weighted by atomic mass is 9.72. The standard InChI is InChI=1S/C24H41N2O6P/c1-18(2)31-23(27)19(3)25-33(29,17-30-6)32-21-12-10-20(11-13-21)22(16-26(4)5)24(28)14-8-7-9-15-24/h10-13,18-19,22,28H,7-9,14-17H2,1-6H3,(H,25,29). The molecule has 3 atom stereocenters. The molecule has 1 aliphatic rings. The molecule has 9 heteroatoms. The fourth-order valence-electron chi connectivity index (χ4n) is 4.34. The third-order valence-electron chi connectivity index (χ3n) is 5.85. The Bertz CT molecular complexity index is 793. The Hall–Kier alpha value is -1.44. The minimum atomic E-state index is -3.53. The highest BCUT2D eigenvalue weighted by atomic mass is 31.2. The van der Waals surface area contributed by atoms with Crippen molar-refractivity contribution in [2.75, 3.05) is 34.1 Å². The molecule has 8 nitrogen and oxygen atoms in total. The summed E-state index contributed by atoms with van der Waals surface area (Å²) in [5.41, 5.74) is 0.285. The average Bonchev–Trinajstić information content (AvgIpc) is 2.72. The van der Waals surface area contributed by atoms with E-state index in [0.717, 1.165) is 44.2 Å². The average molecular weight is 485 g/mol. The van der Waals surface area contributed by atoms with Gasteiger partial charge in [0.1, 0.15) is 18.1 Å². The minimum Gasteiger partial charge on any atom is -0.462 e. The van der Waals surface area contributed by atoms with Crippen molar-refractivity contribution in [3.63, 3.8) is 0 Å². The third-order valence-corrected chi connectivity index (χ3v) is 7.73. The fraction of sp³-hybridized carbons (Fsp3) is 0.708. The molecule has 1 saturated carbocycles. The first-order valence-electron chi connectivity index (χ1n) is 11.7. The molecule has 33 heavy (non-hydrogen) atoms. The SMILES string of the molecule is COCP(=O)(NC(C)C(=O)OC(C)C)Oc1ccc(C(CN(C)C)C2(O)CCCCC2)cc1.